The zero-order valence-corrected chi connectivity index (χ0v) is 7.92. The first-order chi connectivity index (χ1) is 6.15. The second-order valence-electron chi connectivity index (χ2n) is 3.72. The lowest BCUT2D eigenvalue weighted by Crippen LogP contribution is -1.97. The number of nitrogens with zero attached hydrogens (tertiary/aromatic N) is 2. The van der Waals surface area contributed by atoms with Gasteiger partial charge in [-0.1, -0.05) is 13.3 Å². The molecule has 0 aromatic carbocycles. The molecule has 72 valence electrons. The van der Waals surface area contributed by atoms with Crippen molar-refractivity contribution in [3.8, 4) is 0 Å². The summed E-state index contributed by atoms with van der Waals surface area (Å²) in [6.07, 6.45) is 2.16. The Hall–Kier alpha value is -1.06. The summed E-state index contributed by atoms with van der Waals surface area (Å²) >= 11 is 0. The fourth-order valence-corrected chi connectivity index (χ4v) is 1.80. The maximum atomic E-state index is 13.4. The van der Waals surface area contributed by atoms with E-state index in [1.54, 1.807) is 7.05 Å². The number of hydrogen-bond donors (Lipinski definition) is 1. The molecule has 0 spiro atoms. The van der Waals surface area contributed by atoms with Gasteiger partial charge >= 0.3 is 0 Å². The smallest absolute Gasteiger partial charge is 0.188 e. The second-order valence-corrected chi connectivity index (χ2v) is 3.72. The molecule has 2 atom stereocenters. The number of rotatable bonds is 2. The highest BCUT2D eigenvalue weighted by molar-refractivity contribution is 5.36. The van der Waals surface area contributed by atoms with E-state index in [1.165, 1.54) is 4.68 Å². The third kappa shape index (κ3) is 1.20. The van der Waals surface area contributed by atoms with E-state index >= 15 is 0 Å². The van der Waals surface area contributed by atoms with Gasteiger partial charge in [0.15, 0.2) is 11.6 Å². The van der Waals surface area contributed by atoms with Gasteiger partial charge in [-0.3, -0.25) is 4.68 Å². The van der Waals surface area contributed by atoms with E-state index in [-0.39, 0.29) is 11.6 Å². The van der Waals surface area contributed by atoms with Crippen molar-refractivity contribution in [1.82, 2.24) is 9.78 Å². The van der Waals surface area contributed by atoms with Crippen molar-refractivity contribution in [1.29, 1.82) is 0 Å². The fourth-order valence-electron chi connectivity index (χ4n) is 1.80. The van der Waals surface area contributed by atoms with Crippen LogP contribution in [0.1, 0.15) is 31.4 Å². The molecule has 2 unspecified atom stereocenters. The van der Waals surface area contributed by atoms with E-state index in [0.717, 1.165) is 12.8 Å². The molecular weight excluding hydrogens is 169 g/mol. The van der Waals surface area contributed by atoms with Gasteiger partial charge in [0.2, 0.25) is 0 Å². The topological polar surface area (TPSA) is 43.8 Å². The summed E-state index contributed by atoms with van der Waals surface area (Å²) in [4.78, 5) is 0. The van der Waals surface area contributed by atoms with Crippen LogP contribution in [0.5, 0.6) is 0 Å². The maximum absolute atomic E-state index is 13.4. The predicted octanol–water partition coefficient (Wildman–Crippen LogP) is 1.65. The number of nitrogen functional groups attached to an aromatic ring is 1. The lowest BCUT2D eigenvalue weighted by Gasteiger charge is -1.91. The van der Waals surface area contributed by atoms with Crippen molar-refractivity contribution >= 4 is 5.82 Å². The minimum Gasteiger partial charge on any atom is -0.381 e. The van der Waals surface area contributed by atoms with Gasteiger partial charge < -0.3 is 5.73 Å². The number of hydrogen-bond acceptors (Lipinski definition) is 2. The summed E-state index contributed by atoms with van der Waals surface area (Å²) in [6, 6.07) is 0. The van der Waals surface area contributed by atoms with Crippen LogP contribution in [0, 0.1) is 11.7 Å². The van der Waals surface area contributed by atoms with Crippen molar-refractivity contribution < 1.29 is 4.39 Å². The molecule has 1 saturated carbocycles. The lowest BCUT2D eigenvalue weighted by molar-refractivity contribution is 0.607. The summed E-state index contributed by atoms with van der Waals surface area (Å²) in [5.41, 5.74) is 6.04. The Labute approximate surface area is 76.7 Å². The molecule has 0 aliphatic heterocycles. The van der Waals surface area contributed by atoms with Crippen LogP contribution in [0.4, 0.5) is 10.2 Å². The summed E-state index contributed by atoms with van der Waals surface area (Å²) < 4.78 is 14.8. The molecule has 1 aromatic heterocycles. The molecule has 0 saturated heterocycles. The van der Waals surface area contributed by atoms with E-state index in [2.05, 4.69) is 12.0 Å². The van der Waals surface area contributed by atoms with Crippen molar-refractivity contribution in [3.63, 3.8) is 0 Å². The van der Waals surface area contributed by atoms with E-state index in [4.69, 9.17) is 5.73 Å². The standard InChI is InChI=1S/C9H14FN3/c1-3-5-4-6(5)8-7(10)9(11)13(2)12-8/h5-6H,3-4,11H2,1-2H3. The van der Waals surface area contributed by atoms with Crippen LogP contribution in [-0.4, -0.2) is 9.78 Å². The molecule has 1 aromatic rings. The van der Waals surface area contributed by atoms with Gasteiger partial charge in [-0.15, -0.1) is 0 Å². The molecule has 13 heavy (non-hydrogen) atoms. The number of anilines is 1. The largest absolute Gasteiger partial charge is 0.381 e. The Morgan fingerprint density at radius 1 is 1.69 bits per heavy atom. The molecule has 1 aliphatic carbocycles. The molecule has 2 N–H and O–H groups in total. The van der Waals surface area contributed by atoms with Crippen LogP contribution in [0.3, 0.4) is 0 Å². The number of aryl methyl sites for hydroxylation is 1. The monoisotopic (exact) mass is 183 g/mol. The average molecular weight is 183 g/mol. The fraction of sp³-hybridized carbons (Fsp3) is 0.667. The van der Waals surface area contributed by atoms with Crippen molar-refractivity contribution in [3.05, 3.63) is 11.5 Å². The van der Waals surface area contributed by atoms with Crippen LogP contribution < -0.4 is 5.73 Å². The van der Waals surface area contributed by atoms with Crippen molar-refractivity contribution in [2.24, 2.45) is 13.0 Å². The minimum absolute atomic E-state index is 0.150. The first-order valence-corrected chi connectivity index (χ1v) is 4.63. The van der Waals surface area contributed by atoms with Gasteiger partial charge in [-0.25, -0.2) is 4.39 Å². The van der Waals surface area contributed by atoms with Gasteiger partial charge in [0, 0.05) is 13.0 Å². The Kier molecular flexibility index (Phi) is 1.78. The highest BCUT2D eigenvalue weighted by Crippen LogP contribution is 2.49. The summed E-state index contributed by atoms with van der Waals surface area (Å²) in [5.74, 6) is 0.762. The Morgan fingerprint density at radius 2 is 2.38 bits per heavy atom. The normalized spacial score (nSPS) is 26.4. The summed E-state index contributed by atoms with van der Waals surface area (Å²) in [7, 11) is 1.67. The molecule has 0 amide bonds. The molecule has 3 nitrogen and oxygen atoms in total. The summed E-state index contributed by atoms with van der Waals surface area (Å²) in [6.45, 7) is 2.12. The average Bonchev–Trinajstić information content (AvgIpc) is 2.85. The Morgan fingerprint density at radius 3 is 2.77 bits per heavy atom. The SMILES string of the molecule is CCC1CC1c1nn(C)c(N)c1F. The first kappa shape index (κ1) is 8.53. The van der Waals surface area contributed by atoms with Crippen molar-refractivity contribution in [2.75, 3.05) is 5.73 Å². The zero-order valence-electron chi connectivity index (χ0n) is 7.92. The number of halogens is 1. The Bertz CT molecular complexity index is 332. The van der Waals surface area contributed by atoms with Crippen LogP contribution in [0.15, 0.2) is 0 Å². The predicted molar refractivity (Wildman–Crippen MR) is 48.7 cm³/mol. The number of nitrogens with two attached hydrogens (primary N) is 1. The summed E-state index contributed by atoms with van der Waals surface area (Å²) in [5, 5.41) is 4.09. The van der Waals surface area contributed by atoms with Crippen LogP contribution >= 0.6 is 0 Å². The number of aromatic nitrogens is 2. The molecule has 0 radical (unpaired) electrons. The molecule has 2 rings (SSSR count). The van der Waals surface area contributed by atoms with Gasteiger partial charge in [-0.2, -0.15) is 5.10 Å². The van der Waals surface area contributed by atoms with Crippen LogP contribution in [0.25, 0.3) is 0 Å². The molecule has 0 bridgehead atoms. The van der Waals surface area contributed by atoms with E-state index in [9.17, 15) is 4.39 Å². The zero-order chi connectivity index (χ0) is 9.59. The molecule has 1 aliphatic rings. The quantitative estimate of drug-likeness (QED) is 0.757. The highest BCUT2D eigenvalue weighted by Gasteiger charge is 2.41. The molecule has 4 heteroatoms. The van der Waals surface area contributed by atoms with E-state index in [0.29, 0.717) is 17.5 Å². The van der Waals surface area contributed by atoms with Crippen LogP contribution in [0.2, 0.25) is 0 Å². The first-order valence-electron chi connectivity index (χ1n) is 4.63. The van der Waals surface area contributed by atoms with Crippen LogP contribution in [-0.2, 0) is 7.05 Å². The van der Waals surface area contributed by atoms with Gasteiger partial charge in [0.25, 0.3) is 0 Å². The third-order valence-corrected chi connectivity index (χ3v) is 2.85. The van der Waals surface area contributed by atoms with Crippen molar-refractivity contribution in [2.45, 2.75) is 25.7 Å². The van der Waals surface area contributed by atoms with Gasteiger partial charge in [0.05, 0.1) is 0 Å². The lowest BCUT2D eigenvalue weighted by atomic mass is 10.2. The highest BCUT2D eigenvalue weighted by atomic mass is 19.1. The van der Waals surface area contributed by atoms with E-state index < -0.39 is 0 Å². The molecule has 1 heterocycles. The minimum atomic E-state index is -0.316. The Balaban J connectivity index is 2.27. The molecule has 1 fully saturated rings. The maximum Gasteiger partial charge on any atom is 0.188 e. The van der Waals surface area contributed by atoms with Gasteiger partial charge in [-0.05, 0) is 12.3 Å². The van der Waals surface area contributed by atoms with Gasteiger partial charge in [0.1, 0.15) is 5.69 Å². The second kappa shape index (κ2) is 2.72. The molecular formula is C9H14FN3. The third-order valence-electron chi connectivity index (χ3n) is 2.85. The van der Waals surface area contributed by atoms with E-state index in [1.807, 2.05) is 0 Å².